The lowest BCUT2D eigenvalue weighted by Gasteiger charge is -2.08. The Morgan fingerprint density at radius 1 is 1.09 bits per heavy atom. The summed E-state index contributed by atoms with van der Waals surface area (Å²) in [6.07, 6.45) is 2.66. The van der Waals surface area contributed by atoms with Crippen LogP contribution in [0.5, 0.6) is 0 Å². The van der Waals surface area contributed by atoms with E-state index in [1.165, 1.54) is 0 Å². The molecule has 4 rings (SSSR count). The highest BCUT2D eigenvalue weighted by molar-refractivity contribution is 9.10. The lowest BCUT2D eigenvalue weighted by molar-refractivity contribution is 0.475. The van der Waals surface area contributed by atoms with Gasteiger partial charge in [0.2, 0.25) is 0 Å². The van der Waals surface area contributed by atoms with Crippen molar-refractivity contribution in [1.29, 1.82) is 0 Å². The van der Waals surface area contributed by atoms with Crippen LogP contribution in [-0.2, 0) is 6.42 Å². The van der Waals surface area contributed by atoms with E-state index in [1.54, 1.807) is 6.07 Å². The number of hydrogen-bond donors (Lipinski definition) is 0. The third kappa shape index (κ3) is 1.91. The molecule has 0 unspecified atom stereocenters. The average Bonchev–Trinajstić information content (AvgIpc) is 2.80. The second-order valence-corrected chi connectivity index (χ2v) is 6.48. The van der Waals surface area contributed by atoms with E-state index in [2.05, 4.69) is 28.9 Å². The van der Waals surface area contributed by atoms with E-state index in [4.69, 9.17) is 8.83 Å². The number of furan rings is 1. The number of hydrogen-bond acceptors (Lipinski definition) is 3. The summed E-state index contributed by atoms with van der Waals surface area (Å²) in [7, 11) is 0. The van der Waals surface area contributed by atoms with Gasteiger partial charge in [-0.15, -0.1) is 0 Å². The molecule has 0 fully saturated rings. The minimum atomic E-state index is -0.306. The van der Waals surface area contributed by atoms with E-state index < -0.39 is 0 Å². The average molecular weight is 357 g/mol. The van der Waals surface area contributed by atoms with Crippen LogP contribution in [0.15, 0.2) is 48.4 Å². The summed E-state index contributed by atoms with van der Waals surface area (Å²) in [6.45, 7) is 3.98. The number of benzene rings is 1. The highest BCUT2D eigenvalue weighted by Gasteiger charge is 2.24. The van der Waals surface area contributed by atoms with Crippen LogP contribution in [0.1, 0.15) is 24.0 Å². The van der Waals surface area contributed by atoms with Gasteiger partial charge in [0, 0.05) is 21.8 Å². The second kappa shape index (κ2) is 4.71. The first kappa shape index (κ1) is 13.6. The predicted molar refractivity (Wildman–Crippen MR) is 90.0 cm³/mol. The van der Waals surface area contributed by atoms with Crippen molar-refractivity contribution in [3.8, 4) is 11.3 Å². The van der Waals surface area contributed by atoms with Crippen LogP contribution in [0.3, 0.4) is 0 Å². The van der Waals surface area contributed by atoms with Gasteiger partial charge in [0.15, 0.2) is 0 Å². The highest BCUT2D eigenvalue weighted by atomic mass is 79.9. The molecule has 0 aliphatic heterocycles. The first-order chi connectivity index (χ1) is 10.5. The standard InChI is InChI=1S/C18H13BrO3/c1-9-3-6-15-16(17-13(9)7-10(2)21-17)14-8-11(19)4-5-12(14)18(20)22-15/h3-5,7-8H,6H2,1-2H3. The van der Waals surface area contributed by atoms with Crippen LogP contribution in [0.25, 0.3) is 27.7 Å². The molecule has 2 heterocycles. The first-order valence-corrected chi connectivity index (χ1v) is 7.87. The molecule has 110 valence electrons. The Balaban J connectivity index is 2.22. The van der Waals surface area contributed by atoms with E-state index >= 15 is 0 Å². The molecular weight excluding hydrogens is 344 g/mol. The number of allylic oxidation sites excluding steroid dienone is 2. The van der Waals surface area contributed by atoms with E-state index in [-0.39, 0.29) is 5.63 Å². The molecule has 0 atom stereocenters. The normalized spacial score (nSPS) is 13.5. The smallest absolute Gasteiger partial charge is 0.343 e. The van der Waals surface area contributed by atoms with Crippen molar-refractivity contribution < 1.29 is 8.83 Å². The Bertz CT molecular complexity index is 1010. The second-order valence-electron chi connectivity index (χ2n) is 5.57. The number of fused-ring (bicyclic) bond motifs is 5. The monoisotopic (exact) mass is 356 g/mol. The van der Waals surface area contributed by atoms with Crippen molar-refractivity contribution >= 4 is 32.3 Å². The van der Waals surface area contributed by atoms with Crippen molar-refractivity contribution in [3.05, 3.63) is 62.3 Å². The number of aryl methyl sites for hydroxylation is 1. The summed E-state index contributed by atoms with van der Waals surface area (Å²) < 4.78 is 12.4. The van der Waals surface area contributed by atoms with Crippen LogP contribution in [0.4, 0.5) is 0 Å². The first-order valence-electron chi connectivity index (χ1n) is 7.08. The van der Waals surface area contributed by atoms with E-state index in [1.807, 2.05) is 25.1 Å². The Morgan fingerprint density at radius 2 is 1.91 bits per heavy atom. The molecule has 3 nitrogen and oxygen atoms in total. The fourth-order valence-electron chi connectivity index (χ4n) is 3.01. The minimum Gasteiger partial charge on any atom is -0.461 e. The zero-order valence-electron chi connectivity index (χ0n) is 12.2. The Hall–Kier alpha value is -2.07. The quantitative estimate of drug-likeness (QED) is 0.563. The van der Waals surface area contributed by atoms with Crippen LogP contribution in [0, 0.1) is 6.92 Å². The summed E-state index contributed by atoms with van der Waals surface area (Å²) in [5.74, 6) is 2.29. The SMILES string of the molecule is CC1=CCc2oc(=O)c3ccc(Br)cc3c2-c2oc(C)cc21. The van der Waals surface area contributed by atoms with Crippen molar-refractivity contribution in [2.75, 3.05) is 0 Å². The van der Waals surface area contributed by atoms with Gasteiger partial charge in [-0.1, -0.05) is 22.0 Å². The van der Waals surface area contributed by atoms with Gasteiger partial charge in [0.05, 0.1) is 10.9 Å². The molecule has 0 N–H and O–H groups in total. The van der Waals surface area contributed by atoms with Crippen molar-refractivity contribution in [3.63, 3.8) is 0 Å². The molecule has 2 aromatic heterocycles. The zero-order chi connectivity index (χ0) is 15.4. The van der Waals surface area contributed by atoms with Crippen LogP contribution in [-0.4, -0.2) is 0 Å². The van der Waals surface area contributed by atoms with Gasteiger partial charge < -0.3 is 8.83 Å². The molecule has 0 radical (unpaired) electrons. The summed E-state index contributed by atoms with van der Waals surface area (Å²) in [4.78, 5) is 12.2. The van der Waals surface area contributed by atoms with Crippen molar-refractivity contribution in [1.82, 2.24) is 0 Å². The Labute approximate surface area is 135 Å². The molecule has 1 aromatic carbocycles. The Kier molecular flexibility index (Phi) is 2.91. The lowest BCUT2D eigenvalue weighted by Crippen LogP contribution is -2.04. The molecule has 4 heteroatoms. The fourth-order valence-corrected chi connectivity index (χ4v) is 3.37. The molecule has 22 heavy (non-hydrogen) atoms. The van der Waals surface area contributed by atoms with Gasteiger partial charge in [0.25, 0.3) is 0 Å². The molecule has 1 aliphatic rings. The minimum absolute atomic E-state index is 0.306. The number of rotatable bonds is 0. The molecule has 0 saturated heterocycles. The summed E-state index contributed by atoms with van der Waals surface area (Å²) in [6, 6.07) is 7.62. The highest BCUT2D eigenvalue weighted by Crippen LogP contribution is 2.40. The van der Waals surface area contributed by atoms with Gasteiger partial charge >= 0.3 is 5.63 Å². The van der Waals surface area contributed by atoms with E-state index in [0.29, 0.717) is 17.6 Å². The summed E-state index contributed by atoms with van der Waals surface area (Å²) in [5.41, 5.74) is 2.77. The van der Waals surface area contributed by atoms with Crippen molar-refractivity contribution in [2.45, 2.75) is 20.3 Å². The summed E-state index contributed by atoms with van der Waals surface area (Å²) in [5, 5.41) is 1.43. The molecule has 1 aliphatic carbocycles. The van der Waals surface area contributed by atoms with Crippen LogP contribution >= 0.6 is 15.9 Å². The predicted octanol–water partition coefficient (Wildman–Crippen LogP) is 5.08. The van der Waals surface area contributed by atoms with E-state index in [9.17, 15) is 4.79 Å². The zero-order valence-corrected chi connectivity index (χ0v) is 13.8. The molecule has 0 spiro atoms. The third-order valence-electron chi connectivity index (χ3n) is 4.07. The van der Waals surface area contributed by atoms with Crippen molar-refractivity contribution in [2.24, 2.45) is 0 Å². The summed E-state index contributed by atoms with van der Waals surface area (Å²) >= 11 is 3.49. The van der Waals surface area contributed by atoms with E-state index in [0.717, 1.165) is 38.1 Å². The maximum atomic E-state index is 12.2. The van der Waals surface area contributed by atoms with Crippen LogP contribution in [0.2, 0.25) is 0 Å². The molecule has 0 bridgehead atoms. The largest absolute Gasteiger partial charge is 0.461 e. The topological polar surface area (TPSA) is 43.4 Å². The lowest BCUT2D eigenvalue weighted by atomic mass is 10.0. The van der Waals surface area contributed by atoms with Gasteiger partial charge in [-0.05, 0) is 43.7 Å². The molecular formula is C18H13BrO3. The molecule has 0 saturated carbocycles. The van der Waals surface area contributed by atoms with Gasteiger partial charge in [-0.2, -0.15) is 0 Å². The van der Waals surface area contributed by atoms with Gasteiger partial charge in [0.1, 0.15) is 17.3 Å². The third-order valence-corrected chi connectivity index (χ3v) is 4.56. The van der Waals surface area contributed by atoms with Gasteiger partial charge in [-0.3, -0.25) is 0 Å². The maximum Gasteiger partial charge on any atom is 0.343 e. The Morgan fingerprint density at radius 3 is 2.73 bits per heavy atom. The maximum absolute atomic E-state index is 12.2. The number of halogens is 1. The fraction of sp³-hybridized carbons (Fsp3) is 0.167. The molecule has 3 aromatic rings. The van der Waals surface area contributed by atoms with Gasteiger partial charge in [-0.25, -0.2) is 4.79 Å². The van der Waals surface area contributed by atoms with Crippen LogP contribution < -0.4 is 5.63 Å². The molecule has 0 amide bonds.